The summed E-state index contributed by atoms with van der Waals surface area (Å²) >= 11 is 1.27. The Labute approximate surface area is 207 Å². The molecule has 0 unspecified atom stereocenters. The minimum Gasteiger partial charge on any atom is -0.493 e. The van der Waals surface area contributed by atoms with Gasteiger partial charge in [-0.1, -0.05) is 30.3 Å². The third kappa shape index (κ3) is 3.60. The van der Waals surface area contributed by atoms with Gasteiger partial charge in [0.2, 0.25) is 5.91 Å². The van der Waals surface area contributed by atoms with Crippen LogP contribution < -0.4 is 10.1 Å². The van der Waals surface area contributed by atoms with Crippen molar-refractivity contribution in [3.05, 3.63) is 42.0 Å². The van der Waals surface area contributed by atoms with Crippen LogP contribution in [0.2, 0.25) is 0 Å². The van der Waals surface area contributed by atoms with E-state index in [0.717, 1.165) is 0 Å². The van der Waals surface area contributed by atoms with Crippen LogP contribution in [0.4, 0.5) is 0 Å². The van der Waals surface area contributed by atoms with Gasteiger partial charge in [0.05, 0.1) is 14.9 Å². The van der Waals surface area contributed by atoms with E-state index in [4.69, 9.17) is 11.6 Å². The van der Waals surface area contributed by atoms with Gasteiger partial charge >= 0.3 is 5.97 Å². The summed E-state index contributed by atoms with van der Waals surface area (Å²) in [5.41, 5.74) is -0.116. The number of amides is 2. The van der Waals surface area contributed by atoms with Gasteiger partial charge in [0.1, 0.15) is 23.2 Å². The van der Waals surface area contributed by atoms with E-state index >= 15 is 0 Å². The van der Waals surface area contributed by atoms with Crippen LogP contribution in [-0.4, -0.2) is 86.1 Å². The number of thioether (sulfide) groups is 1. The smallest absolute Gasteiger partial charge is 0.327 e. The Morgan fingerprint density at radius 3 is 2.77 bits per heavy atom. The summed E-state index contributed by atoms with van der Waals surface area (Å²) in [6.45, 7) is -2.76. The molecule has 0 spiro atoms. The van der Waals surface area contributed by atoms with Gasteiger partial charge in [-0.3, -0.25) is 9.59 Å². The second kappa shape index (κ2) is 8.42. The molecule has 30 heavy (non-hydrogen) atoms. The topological polar surface area (TPSA) is 95.9 Å². The molecular weight excluding hydrogens is 415 g/mol. The largest absolute Gasteiger partial charge is 0.493 e. The minimum atomic E-state index is -3.12. The van der Waals surface area contributed by atoms with E-state index in [2.05, 4.69) is 5.32 Å². The number of carboxylic acids is 1. The van der Waals surface area contributed by atoms with Crippen molar-refractivity contribution in [2.45, 2.75) is 42.9 Å². The molecule has 153 valence electrons. The molecule has 2 aromatic rings. The first-order valence-electron chi connectivity index (χ1n) is 11.4. The number of aliphatic carboxylic acids is 1. The second-order valence-electron chi connectivity index (χ2n) is 7.41. The van der Waals surface area contributed by atoms with E-state index in [-0.39, 0.29) is 40.9 Å². The number of carbonyl (C=O) groups is 3. The first-order chi connectivity index (χ1) is 15.7. The molecular formula is C21H22N2NaO5S. The predicted octanol–water partition coefficient (Wildman–Crippen LogP) is 2.10. The van der Waals surface area contributed by atoms with Gasteiger partial charge in [-0.05, 0) is 37.5 Å². The molecule has 2 amide bonds. The van der Waals surface area contributed by atoms with Gasteiger partial charge in [-0.25, -0.2) is 4.79 Å². The molecule has 4 rings (SSSR count). The number of hydrogen-bond donors (Lipinski definition) is 2. The van der Waals surface area contributed by atoms with Crippen LogP contribution >= 0.6 is 11.8 Å². The van der Waals surface area contributed by atoms with Crippen LogP contribution in [0.5, 0.6) is 5.75 Å². The number of benzene rings is 2. The number of carboxylic acid groups (broad SMARTS) is 1. The molecule has 0 saturated carbocycles. The monoisotopic (exact) mass is 442 g/mol. The van der Waals surface area contributed by atoms with Gasteiger partial charge in [-0.2, -0.15) is 0 Å². The summed E-state index contributed by atoms with van der Waals surface area (Å²) < 4.78 is 42.3. The van der Waals surface area contributed by atoms with Crippen molar-refractivity contribution in [1.29, 1.82) is 0 Å². The molecule has 0 aromatic heterocycles. The molecule has 0 aliphatic carbocycles. The Hall–Kier alpha value is -1.74. The first kappa shape index (κ1) is 16.9. The summed E-state index contributed by atoms with van der Waals surface area (Å²) in [6, 6.07) is 7.57. The normalized spacial score (nSPS) is 27.3. The molecule has 2 aliphatic heterocycles. The second-order valence-corrected chi connectivity index (χ2v) is 9.18. The van der Waals surface area contributed by atoms with Crippen LogP contribution in [0.15, 0.2) is 36.4 Å². The van der Waals surface area contributed by atoms with E-state index in [1.54, 1.807) is 44.2 Å². The van der Waals surface area contributed by atoms with Crippen molar-refractivity contribution in [3.63, 3.8) is 0 Å². The van der Waals surface area contributed by atoms with E-state index < -0.39 is 53.4 Å². The van der Waals surface area contributed by atoms with Gasteiger partial charge in [-0.15, -0.1) is 11.8 Å². The summed E-state index contributed by atoms with van der Waals surface area (Å²) in [4.78, 5) is 39.1. The predicted molar refractivity (Wildman–Crippen MR) is 116 cm³/mol. The third-order valence-corrected chi connectivity index (χ3v) is 6.81. The molecule has 9 heteroatoms. The average molecular weight is 443 g/mol. The number of fused-ring (bicyclic) bond motifs is 2. The van der Waals surface area contributed by atoms with Crippen molar-refractivity contribution in [2.75, 3.05) is 6.56 Å². The minimum absolute atomic E-state index is 0. The zero-order valence-electron chi connectivity index (χ0n) is 21.6. The SMILES string of the molecule is [2H]C([2H])([2H])C([2H])([2H])Oc1ccc2ccccc2c1C(=O)N[C@@H]1C(=O)N2[C@@H]1SC(C)(C)[C@@H]2C(=O)O.[Na]. The van der Waals surface area contributed by atoms with Gasteiger partial charge < -0.3 is 20.1 Å². The zero-order chi connectivity index (χ0) is 25.2. The van der Waals surface area contributed by atoms with Crippen molar-refractivity contribution < 1.29 is 31.1 Å². The fourth-order valence-electron chi connectivity index (χ4n) is 3.98. The molecule has 2 saturated heterocycles. The number of carbonyl (C=O) groups excluding carboxylic acids is 2. The summed E-state index contributed by atoms with van der Waals surface area (Å²) in [5, 5.41) is 12.6. The van der Waals surface area contributed by atoms with Gasteiger partial charge in [0.15, 0.2) is 0 Å². The molecule has 2 heterocycles. The Morgan fingerprint density at radius 2 is 2.07 bits per heavy atom. The van der Waals surface area contributed by atoms with E-state index in [1.807, 2.05) is 0 Å². The number of ether oxygens (including phenoxy) is 1. The van der Waals surface area contributed by atoms with Crippen molar-refractivity contribution in [1.82, 2.24) is 10.2 Å². The Kier molecular flexibility index (Phi) is 4.74. The maximum atomic E-state index is 13.4. The fourth-order valence-corrected chi connectivity index (χ4v) is 5.61. The standard InChI is InChI=1S/C21H22N2O5S.Na/c1-4-28-13-10-9-11-7-5-6-8-12(11)14(13)17(24)22-15-18(25)23-16(20(26)27)21(2,3)29-19(15)23;/h5-10,15-16,19H,4H2,1-3H3,(H,22,24)(H,26,27);/t15-,16+,19-;/m1./s1/i1D3,4D2;. The zero-order valence-corrected chi connectivity index (χ0v) is 19.4. The maximum Gasteiger partial charge on any atom is 0.327 e. The molecule has 2 N–H and O–H groups in total. The number of nitrogens with one attached hydrogen (secondary N) is 1. The summed E-state index contributed by atoms with van der Waals surface area (Å²) in [6.07, 6.45) is 0. The molecule has 7 nitrogen and oxygen atoms in total. The molecule has 0 bridgehead atoms. The van der Waals surface area contributed by atoms with Crippen molar-refractivity contribution >= 4 is 69.9 Å². The average Bonchev–Trinajstić information content (AvgIpc) is 2.98. The van der Waals surface area contributed by atoms with Crippen molar-refractivity contribution in [2.24, 2.45) is 0 Å². The fraction of sp³-hybridized carbons (Fsp3) is 0.381. The van der Waals surface area contributed by atoms with Crippen LogP contribution in [0.1, 0.15) is 37.9 Å². The quantitative estimate of drug-likeness (QED) is 0.544. The Morgan fingerprint density at radius 1 is 1.33 bits per heavy atom. The Balaban J connectivity index is 0.00000342. The van der Waals surface area contributed by atoms with E-state index in [9.17, 15) is 19.5 Å². The van der Waals surface area contributed by atoms with Crippen LogP contribution in [0, 0.1) is 0 Å². The van der Waals surface area contributed by atoms with E-state index in [1.165, 1.54) is 22.7 Å². The maximum absolute atomic E-state index is 13.4. The Bertz CT molecular complexity index is 1210. The molecule has 2 aromatic carbocycles. The molecule has 2 fully saturated rings. The number of hydrogen-bond acceptors (Lipinski definition) is 5. The van der Waals surface area contributed by atoms with Crippen LogP contribution in [0.25, 0.3) is 10.8 Å². The van der Waals surface area contributed by atoms with Crippen molar-refractivity contribution in [3.8, 4) is 5.75 Å². The third-order valence-electron chi connectivity index (χ3n) is 5.24. The summed E-state index contributed by atoms with van der Waals surface area (Å²) in [7, 11) is 0. The molecule has 3 atom stereocenters. The summed E-state index contributed by atoms with van der Waals surface area (Å²) in [5.74, 6) is -2.72. The van der Waals surface area contributed by atoms with Crippen LogP contribution in [-0.2, 0) is 9.59 Å². The van der Waals surface area contributed by atoms with Gasteiger partial charge in [0, 0.05) is 38.4 Å². The molecule has 2 aliphatic rings. The van der Waals surface area contributed by atoms with E-state index in [0.29, 0.717) is 10.8 Å². The van der Waals surface area contributed by atoms with Gasteiger partial charge in [0.25, 0.3) is 5.91 Å². The molecule has 1 radical (unpaired) electrons. The number of nitrogens with zero attached hydrogens (tertiary/aromatic N) is 1. The number of rotatable bonds is 5. The number of β-lactam (4-membered cyclic amide) rings is 1. The first-order valence-corrected chi connectivity index (χ1v) is 9.78. The van der Waals surface area contributed by atoms with Crippen LogP contribution in [0.3, 0.4) is 0 Å².